The van der Waals surface area contributed by atoms with Crippen molar-refractivity contribution >= 4 is 16.0 Å². The minimum atomic E-state index is -3.59. The zero-order valence-corrected chi connectivity index (χ0v) is 19.2. The predicted octanol–water partition coefficient (Wildman–Crippen LogP) is 2.08. The van der Waals surface area contributed by atoms with Gasteiger partial charge in [0, 0.05) is 32.5 Å². The Labute approximate surface area is 184 Å². The van der Waals surface area contributed by atoms with Gasteiger partial charge in [-0.3, -0.25) is 9.98 Å². The van der Waals surface area contributed by atoms with Crippen LogP contribution < -0.4 is 24.8 Å². The summed E-state index contributed by atoms with van der Waals surface area (Å²) in [6.07, 6.45) is 2.84. The van der Waals surface area contributed by atoms with E-state index in [4.69, 9.17) is 9.47 Å². The lowest BCUT2D eigenvalue weighted by atomic mass is 10.1. The number of hydrogen-bond donors (Lipinski definition) is 3. The van der Waals surface area contributed by atoms with Gasteiger partial charge in [0.05, 0.1) is 19.3 Å². The number of nitrogens with zero attached hydrogens (tertiary/aromatic N) is 2. The van der Waals surface area contributed by atoms with Gasteiger partial charge in [-0.05, 0) is 50.6 Å². The molecule has 1 aromatic carbocycles. The summed E-state index contributed by atoms with van der Waals surface area (Å²) in [4.78, 5) is 8.17. The molecule has 1 atom stereocenters. The van der Waals surface area contributed by atoms with Crippen molar-refractivity contribution in [2.45, 2.75) is 31.7 Å². The molecule has 0 aliphatic heterocycles. The molecule has 1 unspecified atom stereocenters. The first-order valence-electron chi connectivity index (χ1n) is 10.2. The van der Waals surface area contributed by atoms with E-state index in [9.17, 15) is 8.42 Å². The normalized spacial score (nSPS) is 12.8. The molecule has 0 saturated carbocycles. The Balaban J connectivity index is 1.90. The van der Waals surface area contributed by atoms with Crippen molar-refractivity contribution in [2.24, 2.45) is 4.99 Å². The third kappa shape index (κ3) is 7.41. The van der Waals surface area contributed by atoms with Crippen molar-refractivity contribution in [3.8, 4) is 11.5 Å². The van der Waals surface area contributed by atoms with E-state index in [2.05, 4.69) is 25.3 Å². The first kappa shape index (κ1) is 24.4. The fourth-order valence-corrected chi connectivity index (χ4v) is 3.77. The number of aliphatic imine (C=N–C) groups is 1. The molecule has 0 aliphatic carbocycles. The van der Waals surface area contributed by atoms with Gasteiger partial charge >= 0.3 is 0 Å². The SMILES string of the molecule is CCOc1ccc(C(C)NC(=NC)NCCNS(=O)(=O)c2cccnc2)cc1OCC. The number of pyridine rings is 1. The van der Waals surface area contributed by atoms with E-state index in [0.717, 1.165) is 5.56 Å². The van der Waals surface area contributed by atoms with Crippen molar-refractivity contribution in [1.29, 1.82) is 0 Å². The molecule has 170 valence electrons. The molecule has 2 aromatic rings. The van der Waals surface area contributed by atoms with Crippen LogP contribution in [0.15, 0.2) is 52.6 Å². The van der Waals surface area contributed by atoms with Crippen molar-refractivity contribution in [1.82, 2.24) is 20.3 Å². The van der Waals surface area contributed by atoms with E-state index < -0.39 is 10.0 Å². The number of aromatic nitrogens is 1. The van der Waals surface area contributed by atoms with E-state index in [1.165, 1.54) is 18.5 Å². The van der Waals surface area contributed by atoms with Gasteiger partial charge in [0.15, 0.2) is 17.5 Å². The molecule has 3 N–H and O–H groups in total. The number of rotatable bonds is 11. The first-order chi connectivity index (χ1) is 14.9. The Morgan fingerprint density at radius 2 is 1.87 bits per heavy atom. The van der Waals surface area contributed by atoms with Crippen LogP contribution in [0.1, 0.15) is 32.4 Å². The summed E-state index contributed by atoms with van der Waals surface area (Å²) in [6, 6.07) is 8.83. The zero-order valence-electron chi connectivity index (χ0n) is 18.4. The summed E-state index contributed by atoms with van der Waals surface area (Å²) in [5.41, 5.74) is 1.01. The summed E-state index contributed by atoms with van der Waals surface area (Å²) >= 11 is 0. The molecule has 0 amide bonds. The lowest BCUT2D eigenvalue weighted by molar-refractivity contribution is 0.287. The van der Waals surface area contributed by atoms with Crippen LogP contribution in [-0.4, -0.2) is 52.7 Å². The highest BCUT2D eigenvalue weighted by molar-refractivity contribution is 7.89. The zero-order chi connectivity index (χ0) is 22.7. The number of sulfonamides is 1. The van der Waals surface area contributed by atoms with E-state index in [1.807, 2.05) is 39.0 Å². The van der Waals surface area contributed by atoms with Crippen LogP contribution in [0.2, 0.25) is 0 Å². The van der Waals surface area contributed by atoms with Gasteiger partial charge in [0.1, 0.15) is 4.90 Å². The topological polar surface area (TPSA) is 114 Å². The van der Waals surface area contributed by atoms with Gasteiger partial charge in [-0.15, -0.1) is 0 Å². The number of guanidine groups is 1. The molecule has 10 heteroatoms. The summed E-state index contributed by atoms with van der Waals surface area (Å²) in [5, 5.41) is 6.39. The minimum absolute atomic E-state index is 0.0619. The quantitative estimate of drug-likeness (QED) is 0.273. The van der Waals surface area contributed by atoms with E-state index in [-0.39, 0.29) is 17.5 Å². The highest BCUT2D eigenvalue weighted by atomic mass is 32.2. The van der Waals surface area contributed by atoms with Gasteiger partial charge < -0.3 is 20.1 Å². The number of nitrogens with one attached hydrogen (secondary N) is 3. The molecule has 0 aliphatic rings. The van der Waals surface area contributed by atoms with E-state index in [0.29, 0.717) is 37.2 Å². The fraction of sp³-hybridized carbons (Fsp3) is 0.429. The summed E-state index contributed by atoms with van der Waals surface area (Å²) < 4.78 is 38.3. The maximum absolute atomic E-state index is 12.2. The second-order valence-corrected chi connectivity index (χ2v) is 8.29. The molecule has 1 aromatic heterocycles. The average Bonchev–Trinajstić information content (AvgIpc) is 2.77. The third-order valence-electron chi connectivity index (χ3n) is 4.30. The van der Waals surface area contributed by atoms with Crippen LogP contribution in [-0.2, 0) is 10.0 Å². The second kappa shape index (κ2) is 12.1. The Morgan fingerprint density at radius 3 is 2.52 bits per heavy atom. The van der Waals surface area contributed by atoms with E-state index in [1.54, 1.807) is 13.1 Å². The van der Waals surface area contributed by atoms with Crippen molar-refractivity contribution in [2.75, 3.05) is 33.4 Å². The molecule has 0 bridgehead atoms. The molecule has 0 spiro atoms. The fourth-order valence-electron chi connectivity index (χ4n) is 2.78. The summed E-state index contributed by atoms with van der Waals surface area (Å²) in [7, 11) is -1.93. The van der Waals surface area contributed by atoms with Crippen molar-refractivity contribution in [3.63, 3.8) is 0 Å². The Morgan fingerprint density at radius 1 is 1.13 bits per heavy atom. The van der Waals surface area contributed by atoms with Crippen molar-refractivity contribution < 1.29 is 17.9 Å². The summed E-state index contributed by atoms with van der Waals surface area (Å²) in [6.45, 7) is 7.53. The molecule has 0 saturated heterocycles. The van der Waals surface area contributed by atoms with Gasteiger partial charge in [-0.25, -0.2) is 13.1 Å². The monoisotopic (exact) mass is 449 g/mol. The Hall–Kier alpha value is -2.85. The maximum atomic E-state index is 12.2. The predicted molar refractivity (Wildman–Crippen MR) is 121 cm³/mol. The lowest BCUT2D eigenvalue weighted by Crippen LogP contribution is -2.42. The van der Waals surface area contributed by atoms with E-state index >= 15 is 0 Å². The van der Waals surface area contributed by atoms with Crippen LogP contribution >= 0.6 is 0 Å². The molecular weight excluding hydrogens is 418 g/mol. The molecule has 31 heavy (non-hydrogen) atoms. The van der Waals surface area contributed by atoms with Gasteiger partial charge in [0.2, 0.25) is 10.0 Å². The van der Waals surface area contributed by atoms with Gasteiger partial charge in [-0.1, -0.05) is 6.07 Å². The molecule has 1 heterocycles. The van der Waals surface area contributed by atoms with Crippen LogP contribution in [0.5, 0.6) is 11.5 Å². The number of benzene rings is 1. The maximum Gasteiger partial charge on any atom is 0.242 e. The van der Waals surface area contributed by atoms with Crippen LogP contribution in [0.25, 0.3) is 0 Å². The molecule has 9 nitrogen and oxygen atoms in total. The molecule has 0 fully saturated rings. The molecule has 0 radical (unpaired) electrons. The Bertz CT molecular complexity index is 951. The smallest absolute Gasteiger partial charge is 0.242 e. The van der Waals surface area contributed by atoms with Crippen molar-refractivity contribution in [3.05, 3.63) is 48.3 Å². The summed E-state index contributed by atoms with van der Waals surface area (Å²) in [5.74, 6) is 1.96. The lowest BCUT2D eigenvalue weighted by Gasteiger charge is -2.20. The van der Waals surface area contributed by atoms with Crippen LogP contribution in [0.4, 0.5) is 0 Å². The highest BCUT2D eigenvalue weighted by Crippen LogP contribution is 2.30. The van der Waals surface area contributed by atoms with Gasteiger partial charge in [-0.2, -0.15) is 0 Å². The minimum Gasteiger partial charge on any atom is -0.490 e. The first-order valence-corrected chi connectivity index (χ1v) is 11.7. The third-order valence-corrected chi connectivity index (χ3v) is 5.74. The highest BCUT2D eigenvalue weighted by Gasteiger charge is 2.14. The standard InChI is InChI=1S/C21H31N5O4S/c1-5-29-19-10-9-17(14-20(19)30-6-2)16(3)26-21(22-4)24-12-13-25-31(27,28)18-8-7-11-23-15-18/h7-11,14-16,25H,5-6,12-13H2,1-4H3,(H2,22,24,26). The number of hydrogen-bond acceptors (Lipinski definition) is 6. The Kier molecular flexibility index (Phi) is 9.54. The average molecular weight is 450 g/mol. The van der Waals surface area contributed by atoms with Crippen LogP contribution in [0, 0.1) is 0 Å². The largest absolute Gasteiger partial charge is 0.490 e. The second-order valence-electron chi connectivity index (χ2n) is 6.52. The molecular formula is C21H31N5O4S. The molecule has 2 rings (SSSR count). The van der Waals surface area contributed by atoms with Gasteiger partial charge in [0.25, 0.3) is 0 Å². The number of ether oxygens (including phenoxy) is 2. The van der Waals surface area contributed by atoms with Crippen LogP contribution in [0.3, 0.4) is 0 Å².